The standard InChI is InChI=1S/C10H11BrFN/c1-13-6-2-3-8-7-9(11)4-5-10(8)12/h2-5,7,13H,6H2,1H3. The van der Waals surface area contributed by atoms with E-state index < -0.39 is 0 Å². The number of hydrogen-bond donors (Lipinski definition) is 1. The average Bonchev–Trinajstić information content (AvgIpc) is 2.11. The molecule has 3 heteroatoms. The van der Waals surface area contributed by atoms with Gasteiger partial charge in [-0.1, -0.05) is 28.1 Å². The molecule has 0 radical (unpaired) electrons. The van der Waals surface area contributed by atoms with Crippen molar-refractivity contribution in [3.8, 4) is 0 Å². The SMILES string of the molecule is CNCC=Cc1cc(Br)ccc1F. The molecule has 0 atom stereocenters. The molecular formula is C10H11BrFN. The lowest BCUT2D eigenvalue weighted by Gasteiger charge is -1.97. The van der Waals surface area contributed by atoms with Crippen molar-refractivity contribution in [2.45, 2.75) is 0 Å². The van der Waals surface area contributed by atoms with Gasteiger partial charge in [-0.3, -0.25) is 0 Å². The summed E-state index contributed by atoms with van der Waals surface area (Å²) in [5.74, 6) is -0.199. The van der Waals surface area contributed by atoms with Gasteiger partial charge in [-0.05, 0) is 25.2 Å². The molecule has 70 valence electrons. The van der Waals surface area contributed by atoms with Crippen LogP contribution in [0.5, 0.6) is 0 Å². The van der Waals surface area contributed by atoms with E-state index in [1.54, 1.807) is 18.2 Å². The molecule has 0 fully saturated rings. The summed E-state index contributed by atoms with van der Waals surface area (Å²) in [5, 5.41) is 2.95. The van der Waals surface area contributed by atoms with E-state index in [9.17, 15) is 4.39 Å². The molecule has 0 aromatic heterocycles. The van der Waals surface area contributed by atoms with Gasteiger partial charge in [0, 0.05) is 16.6 Å². The molecule has 1 rings (SSSR count). The molecule has 1 N–H and O–H groups in total. The Morgan fingerprint density at radius 2 is 2.31 bits per heavy atom. The molecular weight excluding hydrogens is 233 g/mol. The third kappa shape index (κ3) is 3.28. The minimum atomic E-state index is -0.199. The maximum absolute atomic E-state index is 13.1. The Morgan fingerprint density at radius 1 is 1.54 bits per heavy atom. The molecule has 0 saturated carbocycles. The van der Waals surface area contributed by atoms with Crippen molar-refractivity contribution in [1.82, 2.24) is 5.32 Å². The van der Waals surface area contributed by atoms with Crippen molar-refractivity contribution >= 4 is 22.0 Å². The quantitative estimate of drug-likeness (QED) is 0.862. The van der Waals surface area contributed by atoms with E-state index in [2.05, 4.69) is 21.2 Å². The molecule has 0 amide bonds. The molecule has 0 aliphatic rings. The fourth-order valence-electron chi connectivity index (χ4n) is 0.946. The van der Waals surface area contributed by atoms with Crippen LogP contribution in [0.1, 0.15) is 5.56 Å². The molecule has 0 saturated heterocycles. The van der Waals surface area contributed by atoms with E-state index in [1.165, 1.54) is 6.07 Å². The number of rotatable bonds is 3. The summed E-state index contributed by atoms with van der Waals surface area (Å²) >= 11 is 3.29. The topological polar surface area (TPSA) is 12.0 Å². The lowest BCUT2D eigenvalue weighted by molar-refractivity contribution is 0.624. The van der Waals surface area contributed by atoms with Crippen molar-refractivity contribution in [1.29, 1.82) is 0 Å². The van der Waals surface area contributed by atoms with Crippen LogP contribution < -0.4 is 5.32 Å². The van der Waals surface area contributed by atoms with E-state index in [0.29, 0.717) is 5.56 Å². The Balaban J connectivity index is 2.81. The molecule has 0 aliphatic heterocycles. The summed E-state index contributed by atoms with van der Waals surface area (Å²) in [4.78, 5) is 0. The highest BCUT2D eigenvalue weighted by Crippen LogP contribution is 2.16. The van der Waals surface area contributed by atoms with E-state index >= 15 is 0 Å². The third-order valence-electron chi connectivity index (χ3n) is 1.58. The van der Waals surface area contributed by atoms with Crippen LogP contribution in [0.4, 0.5) is 4.39 Å². The first kappa shape index (κ1) is 10.4. The van der Waals surface area contributed by atoms with E-state index in [4.69, 9.17) is 0 Å². The molecule has 13 heavy (non-hydrogen) atoms. The molecule has 0 unspecified atom stereocenters. The number of hydrogen-bond acceptors (Lipinski definition) is 1. The Labute approximate surface area is 85.8 Å². The lowest BCUT2D eigenvalue weighted by atomic mass is 10.2. The van der Waals surface area contributed by atoms with Gasteiger partial charge in [-0.2, -0.15) is 0 Å². The number of likely N-dealkylation sites (N-methyl/N-ethyl adjacent to an activating group) is 1. The second kappa shape index (κ2) is 5.14. The maximum atomic E-state index is 13.1. The molecule has 1 aromatic carbocycles. The molecule has 0 bridgehead atoms. The van der Waals surface area contributed by atoms with Crippen molar-refractivity contribution in [2.24, 2.45) is 0 Å². The summed E-state index contributed by atoms with van der Waals surface area (Å²) < 4.78 is 14.0. The zero-order chi connectivity index (χ0) is 9.68. The summed E-state index contributed by atoms with van der Waals surface area (Å²) in [6, 6.07) is 4.88. The Bertz CT molecular complexity index is 310. The van der Waals surface area contributed by atoms with Gasteiger partial charge in [0.1, 0.15) is 5.82 Å². The normalized spacial score (nSPS) is 11.0. The zero-order valence-corrected chi connectivity index (χ0v) is 8.94. The molecule has 0 heterocycles. The fourth-order valence-corrected chi connectivity index (χ4v) is 1.32. The van der Waals surface area contributed by atoms with Crippen LogP contribution in [0.3, 0.4) is 0 Å². The summed E-state index contributed by atoms with van der Waals surface area (Å²) in [5.41, 5.74) is 0.602. The van der Waals surface area contributed by atoms with Gasteiger partial charge in [0.05, 0.1) is 0 Å². The number of benzene rings is 1. The highest BCUT2D eigenvalue weighted by atomic mass is 79.9. The Morgan fingerprint density at radius 3 is 3.00 bits per heavy atom. The predicted octanol–water partition coefficient (Wildman–Crippen LogP) is 2.82. The minimum Gasteiger partial charge on any atom is -0.316 e. The monoisotopic (exact) mass is 243 g/mol. The second-order valence-corrected chi connectivity index (χ2v) is 3.54. The molecule has 1 aromatic rings. The molecule has 1 nitrogen and oxygen atoms in total. The zero-order valence-electron chi connectivity index (χ0n) is 7.35. The van der Waals surface area contributed by atoms with Crippen molar-refractivity contribution in [2.75, 3.05) is 13.6 Å². The lowest BCUT2D eigenvalue weighted by Crippen LogP contribution is -2.03. The first-order chi connectivity index (χ1) is 6.24. The average molecular weight is 244 g/mol. The van der Waals surface area contributed by atoms with Crippen LogP contribution in [-0.2, 0) is 0 Å². The van der Waals surface area contributed by atoms with Gasteiger partial charge in [0.2, 0.25) is 0 Å². The third-order valence-corrected chi connectivity index (χ3v) is 2.07. The molecule has 0 spiro atoms. The van der Waals surface area contributed by atoms with Gasteiger partial charge < -0.3 is 5.32 Å². The smallest absolute Gasteiger partial charge is 0.130 e. The van der Waals surface area contributed by atoms with Crippen LogP contribution >= 0.6 is 15.9 Å². The van der Waals surface area contributed by atoms with Crippen molar-refractivity contribution in [3.05, 3.63) is 40.1 Å². The largest absolute Gasteiger partial charge is 0.316 e. The Kier molecular flexibility index (Phi) is 4.12. The molecule has 0 aliphatic carbocycles. The van der Waals surface area contributed by atoms with Crippen LogP contribution in [0, 0.1) is 5.82 Å². The Hall–Kier alpha value is -0.670. The van der Waals surface area contributed by atoms with Crippen molar-refractivity contribution < 1.29 is 4.39 Å². The van der Waals surface area contributed by atoms with Crippen LogP contribution in [0.2, 0.25) is 0 Å². The van der Waals surface area contributed by atoms with E-state index in [-0.39, 0.29) is 5.82 Å². The first-order valence-electron chi connectivity index (χ1n) is 4.00. The minimum absolute atomic E-state index is 0.199. The van der Waals surface area contributed by atoms with E-state index in [1.807, 2.05) is 13.1 Å². The predicted molar refractivity (Wildman–Crippen MR) is 57.1 cm³/mol. The first-order valence-corrected chi connectivity index (χ1v) is 4.79. The number of halogens is 2. The van der Waals surface area contributed by atoms with Gasteiger partial charge in [-0.15, -0.1) is 0 Å². The highest BCUT2D eigenvalue weighted by Gasteiger charge is 1.97. The summed E-state index contributed by atoms with van der Waals surface area (Å²) in [6.07, 6.45) is 3.64. The van der Waals surface area contributed by atoms with Crippen LogP contribution in [0.25, 0.3) is 6.08 Å². The van der Waals surface area contributed by atoms with Crippen LogP contribution in [0.15, 0.2) is 28.7 Å². The summed E-state index contributed by atoms with van der Waals surface area (Å²) in [7, 11) is 1.85. The van der Waals surface area contributed by atoms with Gasteiger partial charge >= 0.3 is 0 Å². The van der Waals surface area contributed by atoms with Crippen LogP contribution in [-0.4, -0.2) is 13.6 Å². The van der Waals surface area contributed by atoms with Gasteiger partial charge in [0.15, 0.2) is 0 Å². The van der Waals surface area contributed by atoms with Gasteiger partial charge in [-0.25, -0.2) is 4.39 Å². The highest BCUT2D eigenvalue weighted by molar-refractivity contribution is 9.10. The van der Waals surface area contributed by atoms with Gasteiger partial charge in [0.25, 0.3) is 0 Å². The fraction of sp³-hybridized carbons (Fsp3) is 0.200. The van der Waals surface area contributed by atoms with E-state index in [0.717, 1.165) is 11.0 Å². The van der Waals surface area contributed by atoms with Crippen molar-refractivity contribution in [3.63, 3.8) is 0 Å². The second-order valence-electron chi connectivity index (χ2n) is 2.63. The number of nitrogens with one attached hydrogen (secondary N) is 1. The summed E-state index contributed by atoms with van der Waals surface area (Å²) in [6.45, 7) is 0.742. The maximum Gasteiger partial charge on any atom is 0.130 e.